The predicted octanol–water partition coefficient (Wildman–Crippen LogP) is 4.52. The van der Waals surface area contributed by atoms with Crippen LogP contribution in [-0.2, 0) is 13.1 Å². The van der Waals surface area contributed by atoms with Crippen molar-refractivity contribution in [1.82, 2.24) is 9.88 Å². The number of nitrogens with one attached hydrogen (secondary N) is 1. The molecule has 0 radical (unpaired) electrons. The zero-order chi connectivity index (χ0) is 22.9. The van der Waals surface area contributed by atoms with Gasteiger partial charge in [0.2, 0.25) is 5.75 Å². The average Bonchev–Trinajstić information content (AvgIpc) is 2.84. The Balaban J connectivity index is 1.89. The molecule has 168 valence electrons. The Hall–Kier alpha value is -3.52. The molecule has 0 saturated carbocycles. The second kappa shape index (κ2) is 11.2. The van der Waals surface area contributed by atoms with E-state index in [0.29, 0.717) is 35.5 Å². The Morgan fingerprint density at radius 2 is 1.62 bits per heavy atom. The standard InChI is InChI=1S/C24H27N3O4S/c1-28-20-10-8-19(9-11-20)26-24(32)27(15-17-6-5-13-25-14-17)16-18-7-12-21(29-2)23(31-4)22(18)30-3/h5-14H,15-16H2,1-4H3,(H,26,32). The largest absolute Gasteiger partial charge is 0.497 e. The van der Waals surface area contributed by atoms with Crippen molar-refractivity contribution in [2.75, 3.05) is 33.8 Å². The van der Waals surface area contributed by atoms with Crippen LogP contribution in [0.2, 0.25) is 0 Å². The van der Waals surface area contributed by atoms with E-state index in [4.69, 9.17) is 31.2 Å². The van der Waals surface area contributed by atoms with E-state index in [1.54, 1.807) is 34.6 Å². The van der Waals surface area contributed by atoms with Crippen molar-refractivity contribution in [3.8, 4) is 23.0 Å². The van der Waals surface area contributed by atoms with Crippen LogP contribution in [0.15, 0.2) is 60.9 Å². The van der Waals surface area contributed by atoms with Gasteiger partial charge >= 0.3 is 0 Å². The molecule has 1 N–H and O–H groups in total. The first kappa shape index (κ1) is 23.1. The molecule has 1 aromatic heterocycles. The summed E-state index contributed by atoms with van der Waals surface area (Å²) < 4.78 is 21.8. The molecule has 0 unspecified atom stereocenters. The lowest BCUT2D eigenvalue weighted by atomic mass is 10.1. The van der Waals surface area contributed by atoms with Crippen molar-refractivity contribution < 1.29 is 18.9 Å². The maximum Gasteiger partial charge on any atom is 0.203 e. The van der Waals surface area contributed by atoms with E-state index < -0.39 is 0 Å². The Bertz CT molecular complexity index is 1030. The van der Waals surface area contributed by atoms with Gasteiger partial charge in [-0.1, -0.05) is 6.07 Å². The summed E-state index contributed by atoms with van der Waals surface area (Å²) in [5, 5.41) is 3.87. The Kier molecular flexibility index (Phi) is 8.10. The van der Waals surface area contributed by atoms with Gasteiger partial charge in [0.25, 0.3) is 0 Å². The number of aromatic nitrogens is 1. The molecule has 0 bridgehead atoms. The lowest BCUT2D eigenvalue weighted by Crippen LogP contribution is -2.34. The number of anilines is 1. The summed E-state index contributed by atoms with van der Waals surface area (Å²) in [4.78, 5) is 6.27. The van der Waals surface area contributed by atoms with E-state index >= 15 is 0 Å². The maximum atomic E-state index is 5.77. The molecule has 0 aliphatic carbocycles. The molecule has 0 aliphatic rings. The molecule has 0 fully saturated rings. The summed E-state index contributed by atoms with van der Waals surface area (Å²) in [6, 6.07) is 15.3. The number of rotatable bonds is 9. The molecule has 0 amide bonds. The molecule has 3 aromatic rings. The first-order valence-electron chi connectivity index (χ1n) is 9.96. The number of ether oxygens (including phenoxy) is 4. The number of hydrogen-bond acceptors (Lipinski definition) is 6. The third-order valence-electron chi connectivity index (χ3n) is 4.87. The minimum atomic E-state index is 0.487. The summed E-state index contributed by atoms with van der Waals surface area (Å²) in [7, 11) is 6.44. The van der Waals surface area contributed by atoms with Crippen LogP contribution in [-0.4, -0.2) is 43.4 Å². The number of pyridine rings is 1. The molecule has 0 spiro atoms. The minimum Gasteiger partial charge on any atom is -0.497 e. The number of thiocarbonyl (C=S) groups is 1. The summed E-state index contributed by atoms with van der Waals surface area (Å²) in [5.74, 6) is 2.53. The first-order chi connectivity index (χ1) is 15.6. The van der Waals surface area contributed by atoms with Gasteiger partial charge in [-0.05, 0) is 60.2 Å². The van der Waals surface area contributed by atoms with Gasteiger partial charge in [-0.25, -0.2) is 0 Å². The SMILES string of the molecule is COc1ccc(NC(=S)N(Cc2cccnc2)Cc2ccc(OC)c(OC)c2OC)cc1. The second-order valence-electron chi connectivity index (χ2n) is 6.87. The number of hydrogen-bond donors (Lipinski definition) is 1. The molecule has 7 nitrogen and oxygen atoms in total. The lowest BCUT2D eigenvalue weighted by Gasteiger charge is -2.27. The van der Waals surface area contributed by atoms with E-state index in [2.05, 4.69) is 10.3 Å². The molecule has 32 heavy (non-hydrogen) atoms. The zero-order valence-corrected chi connectivity index (χ0v) is 19.4. The highest BCUT2D eigenvalue weighted by Crippen LogP contribution is 2.40. The monoisotopic (exact) mass is 453 g/mol. The molecule has 1 heterocycles. The van der Waals surface area contributed by atoms with Crippen molar-refractivity contribution in [1.29, 1.82) is 0 Å². The summed E-state index contributed by atoms with van der Waals surface area (Å²) in [5.41, 5.74) is 2.81. The second-order valence-corrected chi connectivity index (χ2v) is 7.26. The Labute approximate surface area is 193 Å². The van der Waals surface area contributed by atoms with E-state index in [1.165, 1.54) is 0 Å². The molecule has 3 rings (SSSR count). The fraction of sp³-hybridized carbons (Fsp3) is 0.250. The molecular formula is C24H27N3O4S. The highest BCUT2D eigenvalue weighted by Gasteiger charge is 2.20. The van der Waals surface area contributed by atoms with Gasteiger partial charge in [0.05, 0.1) is 28.4 Å². The highest BCUT2D eigenvalue weighted by atomic mass is 32.1. The van der Waals surface area contributed by atoms with Crippen molar-refractivity contribution in [3.63, 3.8) is 0 Å². The third kappa shape index (κ3) is 5.59. The number of methoxy groups -OCH3 is 4. The maximum absolute atomic E-state index is 5.77. The van der Waals surface area contributed by atoms with Crippen LogP contribution in [0, 0.1) is 0 Å². The number of nitrogens with zero attached hydrogens (tertiary/aromatic N) is 2. The van der Waals surface area contributed by atoms with Crippen LogP contribution in [0.3, 0.4) is 0 Å². The zero-order valence-electron chi connectivity index (χ0n) is 18.6. The van der Waals surface area contributed by atoms with Crippen molar-refractivity contribution in [3.05, 3.63) is 72.1 Å². The Morgan fingerprint density at radius 1 is 0.875 bits per heavy atom. The van der Waals surface area contributed by atoms with Crippen LogP contribution in [0.5, 0.6) is 23.0 Å². The molecule has 0 atom stereocenters. The van der Waals surface area contributed by atoms with Crippen LogP contribution >= 0.6 is 12.2 Å². The Morgan fingerprint density at radius 3 is 2.22 bits per heavy atom. The molecule has 2 aromatic carbocycles. The summed E-state index contributed by atoms with van der Waals surface area (Å²) in [6.07, 6.45) is 3.58. The van der Waals surface area contributed by atoms with Crippen LogP contribution in [0.1, 0.15) is 11.1 Å². The smallest absolute Gasteiger partial charge is 0.203 e. The highest BCUT2D eigenvalue weighted by molar-refractivity contribution is 7.80. The average molecular weight is 454 g/mol. The van der Waals surface area contributed by atoms with Gasteiger partial charge in [-0.3, -0.25) is 4.98 Å². The van der Waals surface area contributed by atoms with Crippen LogP contribution in [0.4, 0.5) is 5.69 Å². The van der Waals surface area contributed by atoms with Gasteiger partial charge in [0.1, 0.15) is 5.75 Å². The fourth-order valence-corrected chi connectivity index (χ4v) is 3.53. The van der Waals surface area contributed by atoms with Crippen molar-refractivity contribution >= 4 is 23.0 Å². The quantitative estimate of drug-likeness (QED) is 0.475. The molecule has 0 aliphatic heterocycles. The van der Waals surface area contributed by atoms with Crippen LogP contribution in [0.25, 0.3) is 0 Å². The summed E-state index contributed by atoms with van der Waals surface area (Å²) >= 11 is 5.77. The van der Waals surface area contributed by atoms with E-state index in [1.807, 2.05) is 59.6 Å². The van der Waals surface area contributed by atoms with Crippen molar-refractivity contribution in [2.45, 2.75) is 13.1 Å². The normalized spacial score (nSPS) is 10.2. The van der Waals surface area contributed by atoms with Gasteiger partial charge < -0.3 is 29.2 Å². The predicted molar refractivity (Wildman–Crippen MR) is 129 cm³/mol. The van der Waals surface area contributed by atoms with E-state index in [0.717, 1.165) is 22.6 Å². The van der Waals surface area contributed by atoms with Crippen LogP contribution < -0.4 is 24.3 Å². The topological polar surface area (TPSA) is 65.1 Å². The third-order valence-corrected chi connectivity index (χ3v) is 5.23. The van der Waals surface area contributed by atoms with E-state index in [9.17, 15) is 0 Å². The molecule has 8 heteroatoms. The van der Waals surface area contributed by atoms with Gasteiger partial charge in [0, 0.05) is 36.7 Å². The minimum absolute atomic E-state index is 0.487. The molecule has 0 saturated heterocycles. The van der Waals surface area contributed by atoms with Gasteiger partial charge in [-0.15, -0.1) is 0 Å². The van der Waals surface area contributed by atoms with Gasteiger partial charge in [0.15, 0.2) is 16.6 Å². The van der Waals surface area contributed by atoms with Gasteiger partial charge in [-0.2, -0.15) is 0 Å². The van der Waals surface area contributed by atoms with Crippen molar-refractivity contribution in [2.24, 2.45) is 0 Å². The summed E-state index contributed by atoms with van der Waals surface area (Å²) in [6.45, 7) is 1.05. The fourth-order valence-electron chi connectivity index (χ4n) is 3.28. The number of benzene rings is 2. The molecular weight excluding hydrogens is 426 g/mol. The van der Waals surface area contributed by atoms with E-state index in [-0.39, 0.29) is 0 Å². The lowest BCUT2D eigenvalue weighted by molar-refractivity contribution is 0.316. The first-order valence-corrected chi connectivity index (χ1v) is 10.4.